The number of benzene rings is 1. The Morgan fingerprint density at radius 3 is 2.29 bits per heavy atom. The molecule has 21 heavy (non-hydrogen) atoms. The molecule has 0 radical (unpaired) electrons. The van der Waals surface area contributed by atoms with Crippen molar-refractivity contribution >= 4 is 31.9 Å². The van der Waals surface area contributed by atoms with Gasteiger partial charge in [0.05, 0.1) is 4.90 Å². The van der Waals surface area contributed by atoms with Crippen molar-refractivity contribution in [3.8, 4) is 0 Å². The lowest BCUT2D eigenvalue weighted by atomic mass is 9.95. The second-order valence-corrected chi connectivity index (χ2v) is 8.79. The molecule has 118 valence electrons. The van der Waals surface area contributed by atoms with Crippen molar-refractivity contribution in [2.24, 2.45) is 10.6 Å². The van der Waals surface area contributed by atoms with E-state index in [0.717, 1.165) is 0 Å². The Balaban J connectivity index is 3.32. The van der Waals surface area contributed by atoms with Gasteiger partial charge in [0.2, 0.25) is 10.0 Å². The number of amides is 1. The van der Waals surface area contributed by atoms with Gasteiger partial charge in [-0.3, -0.25) is 4.79 Å². The minimum absolute atomic E-state index is 0.0376. The molecule has 1 aromatic carbocycles. The molecule has 0 aromatic heterocycles. The van der Waals surface area contributed by atoms with E-state index in [1.165, 1.54) is 6.07 Å². The second kappa shape index (κ2) is 6.06. The third-order valence-electron chi connectivity index (χ3n) is 2.92. The van der Waals surface area contributed by atoms with Crippen LogP contribution in [0.15, 0.2) is 21.5 Å². The Labute approximate surface area is 134 Å². The highest BCUT2D eigenvalue weighted by atomic mass is 79.9. The monoisotopic (exact) mass is 376 g/mol. The number of primary sulfonamides is 1. The van der Waals surface area contributed by atoms with E-state index in [9.17, 15) is 13.2 Å². The zero-order chi connectivity index (χ0) is 16.6. The fraction of sp³-hybridized carbons (Fsp3) is 0.500. The van der Waals surface area contributed by atoms with Crippen LogP contribution in [0.5, 0.6) is 0 Å². The molecule has 1 rings (SSSR count). The molecule has 0 aliphatic carbocycles. The van der Waals surface area contributed by atoms with Crippen molar-refractivity contribution in [3.63, 3.8) is 0 Å². The first kappa shape index (κ1) is 18.1. The molecule has 0 aliphatic heterocycles. The average molecular weight is 377 g/mol. The second-order valence-electron chi connectivity index (χ2n) is 6.34. The van der Waals surface area contributed by atoms with E-state index in [-0.39, 0.29) is 16.2 Å². The van der Waals surface area contributed by atoms with E-state index in [4.69, 9.17) is 5.14 Å². The topological polar surface area (TPSA) is 80.5 Å². The van der Waals surface area contributed by atoms with Gasteiger partial charge in [-0.2, -0.15) is 0 Å². The minimum Gasteiger partial charge on any atom is -0.341 e. The lowest BCUT2D eigenvalue weighted by Gasteiger charge is -2.27. The summed E-state index contributed by atoms with van der Waals surface area (Å²) in [4.78, 5) is 14.1. The summed E-state index contributed by atoms with van der Waals surface area (Å²) in [6, 6.07) is 3.02. The number of hydrogen-bond acceptors (Lipinski definition) is 3. The van der Waals surface area contributed by atoms with Gasteiger partial charge in [-0.15, -0.1) is 0 Å². The van der Waals surface area contributed by atoms with Crippen molar-refractivity contribution < 1.29 is 13.2 Å². The summed E-state index contributed by atoms with van der Waals surface area (Å²) < 4.78 is 23.7. The molecule has 0 saturated heterocycles. The van der Waals surface area contributed by atoms with Crippen LogP contribution in [0.3, 0.4) is 0 Å². The predicted molar refractivity (Wildman–Crippen MR) is 86.7 cm³/mol. The summed E-state index contributed by atoms with van der Waals surface area (Å²) in [5, 5.41) is 5.20. The van der Waals surface area contributed by atoms with Crippen LogP contribution in [-0.4, -0.2) is 32.8 Å². The molecular weight excluding hydrogens is 356 g/mol. The molecule has 1 amide bonds. The summed E-state index contributed by atoms with van der Waals surface area (Å²) in [6.07, 6.45) is 0. The Morgan fingerprint density at radius 2 is 1.86 bits per heavy atom. The molecule has 0 spiro atoms. The van der Waals surface area contributed by atoms with Crippen molar-refractivity contribution in [3.05, 3.63) is 27.7 Å². The smallest absolute Gasteiger partial charge is 0.253 e. The molecule has 0 unspecified atom stereocenters. The normalized spacial score (nSPS) is 12.3. The lowest BCUT2D eigenvalue weighted by Crippen LogP contribution is -2.35. The number of sulfonamides is 1. The first-order chi connectivity index (χ1) is 9.33. The first-order valence-corrected chi connectivity index (χ1v) is 8.75. The van der Waals surface area contributed by atoms with Gasteiger partial charge < -0.3 is 4.90 Å². The van der Waals surface area contributed by atoms with E-state index in [1.54, 1.807) is 24.9 Å². The maximum Gasteiger partial charge on any atom is 0.253 e. The van der Waals surface area contributed by atoms with E-state index in [1.807, 2.05) is 20.8 Å². The fourth-order valence-electron chi connectivity index (χ4n) is 2.16. The quantitative estimate of drug-likeness (QED) is 0.879. The maximum atomic E-state index is 12.5. The Morgan fingerprint density at radius 1 is 1.33 bits per heavy atom. The Bertz CT molecular complexity index is 664. The number of hydrogen-bond donors (Lipinski definition) is 1. The van der Waals surface area contributed by atoms with Gasteiger partial charge in [0.15, 0.2) is 0 Å². The van der Waals surface area contributed by atoms with Crippen LogP contribution in [0.4, 0.5) is 0 Å². The van der Waals surface area contributed by atoms with E-state index in [0.29, 0.717) is 22.1 Å². The van der Waals surface area contributed by atoms with Crippen molar-refractivity contribution in [2.45, 2.75) is 32.6 Å². The fourth-order valence-corrected chi connectivity index (χ4v) is 3.60. The summed E-state index contributed by atoms with van der Waals surface area (Å²) in [5.41, 5.74) is 0.652. The molecule has 0 fully saturated rings. The molecule has 0 aliphatic rings. The highest BCUT2D eigenvalue weighted by molar-refractivity contribution is 9.10. The third-order valence-corrected chi connectivity index (χ3v) is 4.41. The molecule has 0 heterocycles. The molecule has 0 atom stereocenters. The van der Waals surface area contributed by atoms with Crippen LogP contribution in [-0.2, 0) is 10.0 Å². The SMILES string of the molecule is Cc1c(C(=O)N(C)CC(C)(C)C)cc(Br)cc1S(N)(=O)=O. The number of halogens is 1. The first-order valence-electron chi connectivity index (χ1n) is 6.41. The number of rotatable bonds is 3. The van der Waals surface area contributed by atoms with Gasteiger partial charge in [-0.25, -0.2) is 13.6 Å². The van der Waals surface area contributed by atoms with Crippen molar-refractivity contribution in [2.75, 3.05) is 13.6 Å². The van der Waals surface area contributed by atoms with Gasteiger partial charge in [0, 0.05) is 23.6 Å². The van der Waals surface area contributed by atoms with Gasteiger partial charge in [-0.05, 0) is 30.0 Å². The van der Waals surface area contributed by atoms with Crippen LogP contribution >= 0.6 is 15.9 Å². The highest BCUT2D eigenvalue weighted by Crippen LogP contribution is 2.25. The van der Waals surface area contributed by atoms with Crippen LogP contribution in [0.25, 0.3) is 0 Å². The standard InChI is InChI=1S/C14H21BrN2O3S/c1-9-11(13(18)17(5)8-14(2,3)4)6-10(15)7-12(9)21(16,19)20/h6-7H,8H2,1-5H3,(H2,16,19,20). The van der Waals surface area contributed by atoms with Crippen LogP contribution in [0, 0.1) is 12.3 Å². The van der Waals surface area contributed by atoms with E-state index >= 15 is 0 Å². The van der Waals surface area contributed by atoms with Gasteiger partial charge in [-0.1, -0.05) is 36.7 Å². The number of carbonyl (C=O) groups excluding carboxylic acids is 1. The summed E-state index contributed by atoms with van der Waals surface area (Å²) in [6.45, 7) is 8.23. The molecule has 1 aromatic rings. The number of nitrogens with two attached hydrogens (primary N) is 1. The predicted octanol–water partition coefficient (Wildman–Crippen LogP) is 2.52. The molecule has 0 bridgehead atoms. The van der Waals surface area contributed by atoms with Crippen LogP contribution in [0.1, 0.15) is 36.7 Å². The van der Waals surface area contributed by atoms with Gasteiger partial charge in [0.1, 0.15) is 0 Å². The van der Waals surface area contributed by atoms with Gasteiger partial charge >= 0.3 is 0 Å². The third kappa shape index (κ3) is 4.79. The highest BCUT2D eigenvalue weighted by Gasteiger charge is 2.23. The summed E-state index contributed by atoms with van der Waals surface area (Å²) >= 11 is 3.23. The molecule has 0 saturated carbocycles. The largest absolute Gasteiger partial charge is 0.341 e. The lowest BCUT2D eigenvalue weighted by molar-refractivity contribution is 0.0744. The minimum atomic E-state index is -3.87. The van der Waals surface area contributed by atoms with Gasteiger partial charge in [0.25, 0.3) is 5.91 Å². The van der Waals surface area contributed by atoms with Crippen molar-refractivity contribution in [1.29, 1.82) is 0 Å². The average Bonchev–Trinajstić information content (AvgIpc) is 2.27. The van der Waals surface area contributed by atoms with E-state index in [2.05, 4.69) is 15.9 Å². The van der Waals surface area contributed by atoms with Crippen molar-refractivity contribution in [1.82, 2.24) is 4.90 Å². The number of nitrogens with zero attached hydrogens (tertiary/aromatic N) is 1. The van der Waals surface area contributed by atoms with Crippen LogP contribution < -0.4 is 5.14 Å². The Kier molecular flexibility index (Phi) is 5.23. The summed E-state index contributed by atoms with van der Waals surface area (Å²) in [5.74, 6) is -0.228. The maximum absolute atomic E-state index is 12.5. The zero-order valence-electron chi connectivity index (χ0n) is 12.9. The zero-order valence-corrected chi connectivity index (χ0v) is 15.3. The van der Waals surface area contributed by atoms with Crippen LogP contribution in [0.2, 0.25) is 0 Å². The summed E-state index contributed by atoms with van der Waals surface area (Å²) in [7, 11) is -2.17. The molecule has 2 N–H and O–H groups in total. The molecule has 7 heteroatoms. The Hall–Kier alpha value is -0.920. The number of carbonyl (C=O) groups is 1. The molecular formula is C14H21BrN2O3S. The molecule has 5 nitrogen and oxygen atoms in total. The van der Waals surface area contributed by atoms with E-state index < -0.39 is 10.0 Å².